The van der Waals surface area contributed by atoms with Crippen molar-refractivity contribution in [3.63, 3.8) is 0 Å². The molecular formula is C60H47N. The lowest BCUT2D eigenvalue weighted by atomic mass is 9.81. The highest BCUT2D eigenvalue weighted by atomic mass is 15.1. The Balaban J connectivity index is 0.981. The van der Waals surface area contributed by atoms with Crippen LogP contribution >= 0.6 is 0 Å². The van der Waals surface area contributed by atoms with Crippen molar-refractivity contribution in [2.45, 2.75) is 38.5 Å². The summed E-state index contributed by atoms with van der Waals surface area (Å²) in [5.41, 5.74) is 23.9. The molecule has 0 heterocycles. The summed E-state index contributed by atoms with van der Waals surface area (Å²) in [5, 5.41) is 0. The van der Waals surface area contributed by atoms with Crippen molar-refractivity contribution in [1.82, 2.24) is 0 Å². The third-order valence-electron chi connectivity index (χ3n) is 13.5. The molecule has 0 N–H and O–H groups in total. The van der Waals surface area contributed by atoms with Crippen molar-refractivity contribution >= 4 is 17.1 Å². The van der Waals surface area contributed by atoms with E-state index in [1.807, 2.05) is 0 Å². The van der Waals surface area contributed by atoms with E-state index < -0.39 is 0 Å². The lowest BCUT2D eigenvalue weighted by Crippen LogP contribution is -2.14. The molecule has 9 aromatic rings. The molecule has 61 heavy (non-hydrogen) atoms. The van der Waals surface area contributed by atoms with Crippen molar-refractivity contribution in [2.24, 2.45) is 0 Å². The van der Waals surface area contributed by atoms with Crippen LogP contribution in [0.1, 0.15) is 49.9 Å². The van der Waals surface area contributed by atoms with Crippen LogP contribution in [0.5, 0.6) is 0 Å². The number of anilines is 3. The van der Waals surface area contributed by atoms with Crippen molar-refractivity contribution in [3.8, 4) is 66.8 Å². The van der Waals surface area contributed by atoms with E-state index in [9.17, 15) is 0 Å². The molecule has 2 aliphatic rings. The molecule has 0 fully saturated rings. The molecule has 0 saturated carbocycles. The van der Waals surface area contributed by atoms with Gasteiger partial charge in [0, 0.05) is 27.8 Å². The fourth-order valence-electron chi connectivity index (χ4n) is 10.2. The van der Waals surface area contributed by atoms with E-state index >= 15 is 0 Å². The predicted molar refractivity (Wildman–Crippen MR) is 258 cm³/mol. The second kappa shape index (κ2) is 14.2. The van der Waals surface area contributed by atoms with Crippen LogP contribution < -0.4 is 4.90 Å². The normalized spacial score (nSPS) is 13.8. The number of fused-ring (bicyclic) bond motifs is 6. The van der Waals surface area contributed by atoms with Crippen molar-refractivity contribution in [1.29, 1.82) is 0 Å². The quantitative estimate of drug-likeness (QED) is 0.156. The molecule has 0 atom stereocenters. The number of para-hydroxylation sites is 1. The van der Waals surface area contributed by atoms with Crippen LogP contribution in [-0.2, 0) is 10.8 Å². The molecular weight excluding hydrogens is 735 g/mol. The molecule has 1 nitrogen and oxygen atoms in total. The van der Waals surface area contributed by atoms with Gasteiger partial charge in [-0.3, -0.25) is 0 Å². The molecule has 0 aromatic heterocycles. The van der Waals surface area contributed by atoms with Gasteiger partial charge in [0.05, 0.1) is 5.69 Å². The van der Waals surface area contributed by atoms with Crippen LogP contribution in [0.15, 0.2) is 212 Å². The first-order chi connectivity index (χ1) is 29.8. The van der Waals surface area contributed by atoms with E-state index in [2.05, 4.69) is 245 Å². The Morgan fingerprint density at radius 2 is 0.689 bits per heavy atom. The zero-order valence-corrected chi connectivity index (χ0v) is 35.2. The maximum absolute atomic E-state index is 2.42. The van der Waals surface area contributed by atoms with Gasteiger partial charge < -0.3 is 4.90 Å². The summed E-state index contributed by atoms with van der Waals surface area (Å²) < 4.78 is 0. The highest BCUT2D eigenvalue weighted by Gasteiger charge is 2.36. The monoisotopic (exact) mass is 781 g/mol. The van der Waals surface area contributed by atoms with Gasteiger partial charge in [-0.1, -0.05) is 191 Å². The Hall–Kier alpha value is -7.22. The van der Waals surface area contributed by atoms with Gasteiger partial charge in [-0.2, -0.15) is 0 Å². The van der Waals surface area contributed by atoms with Gasteiger partial charge in [0.15, 0.2) is 0 Å². The number of nitrogens with zero attached hydrogens (tertiary/aromatic N) is 1. The summed E-state index contributed by atoms with van der Waals surface area (Å²) in [6, 6.07) is 78.5. The molecule has 292 valence electrons. The summed E-state index contributed by atoms with van der Waals surface area (Å²) in [5.74, 6) is 0. The molecule has 0 radical (unpaired) electrons. The van der Waals surface area contributed by atoms with Crippen LogP contribution in [0.2, 0.25) is 0 Å². The number of hydrogen-bond acceptors (Lipinski definition) is 1. The third kappa shape index (κ3) is 6.07. The lowest BCUT2D eigenvalue weighted by molar-refractivity contribution is 0.660. The minimum absolute atomic E-state index is 0.0454. The van der Waals surface area contributed by atoms with E-state index in [0.717, 1.165) is 17.1 Å². The van der Waals surface area contributed by atoms with E-state index in [1.54, 1.807) is 0 Å². The average molecular weight is 782 g/mol. The Bertz CT molecular complexity index is 3130. The summed E-state index contributed by atoms with van der Waals surface area (Å²) in [6.07, 6.45) is 0. The number of hydrogen-bond donors (Lipinski definition) is 0. The summed E-state index contributed by atoms with van der Waals surface area (Å²) in [6.45, 7) is 9.41. The Kier molecular flexibility index (Phi) is 8.58. The van der Waals surface area contributed by atoms with Crippen LogP contribution in [-0.4, -0.2) is 0 Å². The Morgan fingerprint density at radius 3 is 1.30 bits per heavy atom. The van der Waals surface area contributed by atoms with E-state index in [1.165, 1.54) is 89.0 Å². The molecule has 0 spiro atoms. The third-order valence-corrected chi connectivity index (χ3v) is 13.5. The summed E-state index contributed by atoms with van der Waals surface area (Å²) >= 11 is 0. The predicted octanol–water partition coefficient (Wildman–Crippen LogP) is 16.4. The minimum atomic E-state index is -0.0466. The Morgan fingerprint density at radius 1 is 0.262 bits per heavy atom. The molecule has 0 aliphatic heterocycles. The first-order valence-corrected chi connectivity index (χ1v) is 21.5. The maximum Gasteiger partial charge on any atom is 0.0540 e. The molecule has 0 unspecified atom stereocenters. The van der Waals surface area contributed by atoms with E-state index in [-0.39, 0.29) is 10.8 Å². The van der Waals surface area contributed by atoms with Crippen LogP contribution in [0, 0.1) is 0 Å². The molecule has 0 saturated heterocycles. The van der Waals surface area contributed by atoms with Gasteiger partial charge in [-0.15, -0.1) is 0 Å². The fourth-order valence-corrected chi connectivity index (χ4v) is 10.2. The summed E-state index contributed by atoms with van der Waals surface area (Å²) in [4.78, 5) is 2.42. The SMILES string of the molecule is CC1(C)c2ccccc2-c2ccc(-c3ccc(N(c4cccc(-c5cccc(-c6ccc7c(c6)C(C)(C)c6ccccc6-7)c5)c4)c4ccccc4-c4ccccc4)cc3)cc21. The molecule has 0 bridgehead atoms. The second-order valence-corrected chi connectivity index (χ2v) is 17.8. The van der Waals surface area contributed by atoms with Crippen LogP contribution in [0.25, 0.3) is 66.8 Å². The van der Waals surface area contributed by atoms with Crippen LogP contribution in [0.4, 0.5) is 17.1 Å². The zero-order valence-electron chi connectivity index (χ0n) is 35.2. The van der Waals surface area contributed by atoms with E-state index in [0.29, 0.717) is 0 Å². The van der Waals surface area contributed by atoms with Crippen molar-refractivity contribution in [3.05, 3.63) is 235 Å². The van der Waals surface area contributed by atoms with Gasteiger partial charge >= 0.3 is 0 Å². The molecule has 0 amide bonds. The highest BCUT2D eigenvalue weighted by molar-refractivity contribution is 5.91. The Labute approximate surface area is 360 Å². The molecule has 2 aliphatic carbocycles. The van der Waals surface area contributed by atoms with Gasteiger partial charge in [0.2, 0.25) is 0 Å². The van der Waals surface area contributed by atoms with Crippen molar-refractivity contribution < 1.29 is 0 Å². The number of benzene rings is 9. The average Bonchev–Trinajstić information content (AvgIpc) is 3.69. The van der Waals surface area contributed by atoms with Gasteiger partial charge in [0.25, 0.3) is 0 Å². The standard InChI is InChI=1S/C60H47N/c1-59(2)54-25-11-8-23-50(54)52-34-30-45(38-56(52)59)40-28-32-47(33-29-40)61(58-27-13-10-22-49(58)41-16-6-5-7-17-41)48-21-15-20-44(37-48)42-18-14-19-43(36-42)46-31-35-53-51-24-9-12-26-55(51)60(3,4)57(53)39-46/h5-39H,1-4H3. The smallest absolute Gasteiger partial charge is 0.0540 e. The molecule has 9 aromatic carbocycles. The summed E-state index contributed by atoms with van der Waals surface area (Å²) in [7, 11) is 0. The lowest BCUT2D eigenvalue weighted by Gasteiger charge is -2.28. The minimum Gasteiger partial charge on any atom is -0.310 e. The number of rotatable bonds is 7. The highest BCUT2D eigenvalue weighted by Crippen LogP contribution is 2.51. The largest absolute Gasteiger partial charge is 0.310 e. The second-order valence-electron chi connectivity index (χ2n) is 17.8. The first-order valence-electron chi connectivity index (χ1n) is 21.5. The van der Waals surface area contributed by atoms with Gasteiger partial charge in [-0.25, -0.2) is 0 Å². The first kappa shape index (κ1) is 36.8. The molecule has 1 heteroatoms. The van der Waals surface area contributed by atoms with Gasteiger partial charge in [-0.05, 0) is 132 Å². The van der Waals surface area contributed by atoms with Crippen LogP contribution in [0.3, 0.4) is 0 Å². The van der Waals surface area contributed by atoms with E-state index in [4.69, 9.17) is 0 Å². The zero-order chi connectivity index (χ0) is 41.3. The topological polar surface area (TPSA) is 3.24 Å². The van der Waals surface area contributed by atoms with Gasteiger partial charge in [0.1, 0.15) is 0 Å². The molecule has 11 rings (SSSR count). The van der Waals surface area contributed by atoms with Crippen molar-refractivity contribution in [2.75, 3.05) is 4.90 Å². The maximum atomic E-state index is 2.42. The fraction of sp³-hybridized carbons (Fsp3) is 0.100.